The number of carbonyl (C=O) groups is 3. The molecule has 0 spiro atoms. The van der Waals surface area contributed by atoms with Crippen LogP contribution in [0.5, 0.6) is 0 Å². The third-order valence-electron chi connectivity index (χ3n) is 3.19. The van der Waals surface area contributed by atoms with Gasteiger partial charge >= 0.3 is 11.9 Å². The largest absolute Gasteiger partial charge is 0.464 e. The summed E-state index contributed by atoms with van der Waals surface area (Å²) in [5, 5.41) is 4.56. The van der Waals surface area contributed by atoms with Gasteiger partial charge < -0.3 is 19.2 Å². The van der Waals surface area contributed by atoms with Gasteiger partial charge in [0.05, 0.1) is 12.9 Å². The van der Waals surface area contributed by atoms with E-state index in [0.717, 1.165) is 11.3 Å². The fourth-order valence-corrected chi connectivity index (χ4v) is 3.02. The molecule has 2 aromatic heterocycles. The van der Waals surface area contributed by atoms with Crippen molar-refractivity contribution >= 4 is 34.2 Å². The predicted octanol–water partition coefficient (Wildman–Crippen LogP) is 3.80. The average Bonchev–Trinajstić information content (AvgIpc) is 3.30. The second-order valence-electron chi connectivity index (χ2n) is 5.09. The summed E-state index contributed by atoms with van der Waals surface area (Å²) >= 11 is 1.15. The monoisotopic (exact) mass is 389 g/mol. The molecule has 2 rings (SSSR count). The van der Waals surface area contributed by atoms with Crippen LogP contribution in [0.25, 0.3) is 11.3 Å². The zero-order chi connectivity index (χ0) is 19.6. The normalized spacial score (nSPS) is 11.0. The molecule has 0 fully saturated rings. The van der Waals surface area contributed by atoms with Gasteiger partial charge in [-0.1, -0.05) is 18.2 Å². The van der Waals surface area contributed by atoms with Crippen LogP contribution >= 0.6 is 11.3 Å². The first-order chi connectivity index (χ1) is 13.1. The first kappa shape index (κ1) is 20.2. The van der Waals surface area contributed by atoms with E-state index >= 15 is 0 Å². The van der Waals surface area contributed by atoms with Gasteiger partial charge in [-0.3, -0.25) is 4.79 Å². The molecule has 7 nitrogen and oxygen atoms in total. The Kier molecular flexibility index (Phi) is 7.57. The van der Waals surface area contributed by atoms with E-state index in [4.69, 9.17) is 13.9 Å². The first-order valence-electron chi connectivity index (χ1n) is 8.15. The summed E-state index contributed by atoms with van der Waals surface area (Å²) in [6, 6.07) is 3.40. The Morgan fingerprint density at radius 3 is 2.74 bits per heavy atom. The molecule has 8 heteroatoms. The highest BCUT2D eigenvalue weighted by Crippen LogP contribution is 2.36. The molecule has 2 heterocycles. The minimum atomic E-state index is -0.642. The number of anilines is 1. The number of hydrogen-bond donors (Lipinski definition) is 1. The summed E-state index contributed by atoms with van der Waals surface area (Å²) in [5.41, 5.74) is 0.717. The summed E-state index contributed by atoms with van der Waals surface area (Å²) < 4.78 is 15.3. The Bertz CT molecular complexity index is 848. The quantitative estimate of drug-likeness (QED) is 0.419. The molecule has 0 saturated carbocycles. The molecule has 0 saturated heterocycles. The molecule has 0 aliphatic rings. The van der Waals surface area contributed by atoms with Crippen molar-refractivity contribution in [2.45, 2.75) is 13.8 Å². The lowest BCUT2D eigenvalue weighted by Crippen LogP contribution is -2.21. The highest BCUT2D eigenvalue weighted by molar-refractivity contribution is 7.15. The van der Waals surface area contributed by atoms with Crippen molar-refractivity contribution in [1.82, 2.24) is 0 Å². The maximum absolute atomic E-state index is 12.3. The number of allylic oxidation sites excluding steroid dienone is 3. The summed E-state index contributed by atoms with van der Waals surface area (Å²) in [6.45, 7) is 3.21. The van der Waals surface area contributed by atoms with E-state index in [1.54, 1.807) is 36.6 Å². The van der Waals surface area contributed by atoms with Crippen molar-refractivity contribution in [3.8, 4) is 11.3 Å². The standard InChI is InChI=1S/C19H19NO6S/c1-3-5-6-9-16(22)26-11-15(21)20-18-17(19(23)24-4-2)13(12-27-18)14-8-7-10-25-14/h3,5-10,12H,4,11H2,1-2H3,(H,20,21)/b5-3+,9-6+. The van der Waals surface area contributed by atoms with Gasteiger partial charge in [-0.2, -0.15) is 0 Å². The van der Waals surface area contributed by atoms with Crippen LogP contribution in [0.15, 0.2) is 52.5 Å². The smallest absolute Gasteiger partial charge is 0.341 e. The lowest BCUT2D eigenvalue weighted by Gasteiger charge is -2.08. The van der Waals surface area contributed by atoms with Crippen LogP contribution in [-0.2, 0) is 19.1 Å². The fraction of sp³-hybridized carbons (Fsp3) is 0.211. The molecule has 27 heavy (non-hydrogen) atoms. The Morgan fingerprint density at radius 1 is 1.26 bits per heavy atom. The van der Waals surface area contributed by atoms with E-state index in [2.05, 4.69) is 5.32 Å². The SMILES string of the molecule is C/C=C/C=C/C(=O)OCC(=O)Nc1scc(-c2ccco2)c1C(=O)OCC. The zero-order valence-corrected chi connectivity index (χ0v) is 15.7. The molecule has 0 atom stereocenters. The van der Waals surface area contributed by atoms with Gasteiger partial charge in [-0.05, 0) is 26.0 Å². The molecule has 142 valence electrons. The number of nitrogens with one attached hydrogen (secondary N) is 1. The zero-order valence-electron chi connectivity index (χ0n) is 14.9. The molecule has 0 aliphatic heterocycles. The molecule has 0 aromatic carbocycles. The van der Waals surface area contributed by atoms with Crippen LogP contribution in [0, 0.1) is 0 Å². The summed E-state index contributed by atoms with van der Waals surface area (Å²) in [6.07, 6.45) is 7.61. The highest BCUT2D eigenvalue weighted by Gasteiger charge is 2.24. The molecule has 1 amide bonds. The lowest BCUT2D eigenvalue weighted by molar-refractivity contribution is -0.142. The van der Waals surface area contributed by atoms with Crippen molar-refractivity contribution in [1.29, 1.82) is 0 Å². The van der Waals surface area contributed by atoms with Gasteiger partial charge in [0.25, 0.3) is 5.91 Å². The van der Waals surface area contributed by atoms with Crippen molar-refractivity contribution in [2.24, 2.45) is 0 Å². The second-order valence-corrected chi connectivity index (χ2v) is 5.97. The van der Waals surface area contributed by atoms with Crippen molar-refractivity contribution in [3.05, 3.63) is 53.6 Å². The van der Waals surface area contributed by atoms with Gasteiger partial charge in [0.1, 0.15) is 16.3 Å². The summed E-state index contributed by atoms with van der Waals surface area (Å²) in [7, 11) is 0. The van der Waals surface area contributed by atoms with Crippen LogP contribution in [0.3, 0.4) is 0 Å². The predicted molar refractivity (Wildman–Crippen MR) is 102 cm³/mol. The second kappa shape index (κ2) is 10.1. The number of furan rings is 1. The number of hydrogen-bond acceptors (Lipinski definition) is 7. The number of carbonyl (C=O) groups excluding carboxylic acids is 3. The maximum atomic E-state index is 12.3. The summed E-state index contributed by atoms with van der Waals surface area (Å²) in [5.74, 6) is -1.31. The number of rotatable bonds is 8. The highest BCUT2D eigenvalue weighted by atomic mass is 32.1. The third-order valence-corrected chi connectivity index (χ3v) is 4.09. The third kappa shape index (κ3) is 5.68. The van der Waals surface area contributed by atoms with Crippen molar-refractivity contribution < 1.29 is 28.3 Å². The van der Waals surface area contributed by atoms with Gasteiger partial charge in [-0.15, -0.1) is 11.3 Å². The first-order valence-corrected chi connectivity index (χ1v) is 9.03. The minimum Gasteiger partial charge on any atom is -0.464 e. The maximum Gasteiger partial charge on any atom is 0.341 e. The fourth-order valence-electron chi connectivity index (χ4n) is 2.06. The van der Waals surface area contributed by atoms with Crippen LogP contribution in [0.1, 0.15) is 24.2 Å². The molecular weight excluding hydrogens is 370 g/mol. The number of amides is 1. The molecule has 1 N–H and O–H groups in total. The number of thiophene rings is 1. The van der Waals surface area contributed by atoms with Crippen LogP contribution < -0.4 is 5.32 Å². The van der Waals surface area contributed by atoms with Gasteiger partial charge in [-0.25, -0.2) is 9.59 Å². The van der Waals surface area contributed by atoms with Gasteiger partial charge in [0.15, 0.2) is 6.61 Å². The topological polar surface area (TPSA) is 94.8 Å². The van der Waals surface area contributed by atoms with E-state index in [0.29, 0.717) is 16.3 Å². The van der Waals surface area contributed by atoms with E-state index in [9.17, 15) is 14.4 Å². The van der Waals surface area contributed by atoms with E-state index < -0.39 is 24.5 Å². The molecular formula is C19H19NO6S. The molecule has 2 aromatic rings. The Labute approximate surface area is 160 Å². The van der Waals surface area contributed by atoms with Crippen LogP contribution in [-0.4, -0.2) is 31.1 Å². The van der Waals surface area contributed by atoms with Crippen LogP contribution in [0.2, 0.25) is 0 Å². The summed E-state index contributed by atoms with van der Waals surface area (Å²) in [4.78, 5) is 35.9. The Hall–Kier alpha value is -3.13. The van der Waals surface area contributed by atoms with E-state index in [1.165, 1.54) is 18.4 Å². The van der Waals surface area contributed by atoms with Crippen LogP contribution in [0.4, 0.5) is 5.00 Å². The molecule has 0 unspecified atom stereocenters. The van der Waals surface area contributed by atoms with Gasteiger partial charge in [0, 0.05) is 17.0 Å². The number of ether oxygens (including phenoxy) is 2. The minimum absolute atomic E-state index is 0.190. The lowest BCUT2D eigenvalue weighted by atomic mass is 10.1. The molecule has 0 radical (unpaired) electrons. The van der Waals surface area contributed by atoms with E-state index in [-0.39, 0.29) is 12.2 Å². The molecule has 0 bridgehead atoms. The van der Waals surface area contributed by atoms with E-state index in [1.807, 2.05) is 6.92 Å². The van der Waals surface area contributed by atoms with Crippen molar-refractivity contribution in [3.63, 3.8) is 0 Å². The average molecular weight is 389 g/mol. The number of esters is 2. The van der Waals surface area contributed by atoms with Gasteiger partial charge in [0.2, 0.25) is 0 Å². The molecule has 0 aliphatic carbocycles. The Morgan fingerprint density at radius 2 is 2.07 bits per heavy atom. The Balaban J connectivity index is 2.10. The van der Waals surface area contributed by atoms with Crippen molar-refractivity contribution in [2.75, 3.05) is 18.5 Å².